The molecular weight excluding hydrogens is 418 g/mol. The summed E-state index contributed by atoms with van der Waals surface area (Å²) in [7, 11) is 0. The maximum Gasteiger partial charge on any atom is 0.251 e. The van der Waals surface area contributed by atoms with Crippen LogP contribution < -0.4 is 16.4 Å². The molecule has 6 rings (SSSR count). The highest BCUT2D eigenvalue weighted by atomic mass is 16.5. The summed E-state index contributed by atoms with van der Waals surface area (Å²) in [6.45, 7) is 6.26. The van der Waals surface area contributed by atoms with E-state index in [0.717, 1.165) is 57.9 Å². The van der Waals surface area contributed by atoms with E-state index in [-0.39, 0.29) is 5.54 Å². The number of fused-ring (bicyclic) bond motifs is 2. The van der Waals surface area contributed by atoms with Gasteiger partial charge in [0, 0.05) is 38.3 Å². The predicted molar refractivity (Wildman–Crippen MR) is 125 cm³/mol. The van der Waals surface area contributed by atoms with Crippen molar-refractivity contribution in [2.24, 2.45) is 11.7 Å². The molecule has 3 aliphatic rings. The molecule has 0 radical (unpaired) electrons. The van der Waals surface area contributed by atoms with Crippen LogP contribution in [0.1, 0.15) is 22.3 Å². The number of primary amides is 1. The van der Waals surface area contributed by atoms with E-state index in [2.05, 4.69) is 37.6 Å². The normalized spacial score (nSPS) is 24.5. The van der Waals surface area contributed by atoms with Crippen molar-refractivity contribution in [3.05, 3.63) is 47.8 Å². The molecule has 3 fully saturated rings. The van der Waals surface area contributed by atoms with Crippen LogP contribution in [-0.2, 0) is 11.3 Å². The van der Waals surface area contributed by atoms with Crippen LogP contribution in [-0.4, -0.2) is 70.7 Å². The monoisotopic (exact) mass is 445 g/mol. The maximum atomic E-state index is 12.3. The number of pyridine rings is 1. The number of piperidine rings is 1. The molecule has 2 atom stereocenters. The van der Waals surface area contributed by atoms with Gasteiger partial charge in [-0.1, -0.05) is 24.3 Å². The summed E-state index contributed by atoms with van der Waals surface area (Å²) in [4.78, 5) is 28.4. The van der Waals surface area contributed by atoms with E-state index < -0.39 is 5.91 Å². The molecule has 1 saturated carbocycles. The molecule has 2 aromatic heterocycles. The van der Waals surface area contributed by atoms with Crippen LogP contribution >= 0.6 is 0 Å². The Bertz CT molecular complexity index is 1210. The Morgan fingerprint density at radius 2 is 2.03 bits per heavy atom. The van der Waals surface area contributed by atoms with E-state index in [1.54, 1.807) is 6.07 Å². The van der Waals surface area contributed by atoms with Gasteiger partial charge in [-0.2, -0.15) is 0 Å². The lowest BCUT2D eigenvalue weighted by atomic mass is 10.0. The zero-order valence-electron chi connectivity index (χ0n) is 18.4. The molecule has 33 heavy (non-hydrogen) atoms. The summed E-state index contributed by atoms with van der Waals surface area (Å²) < 4.78 is 5.43. The number of amides is 1. The van der Waals surface area contributed by atoms with Gasteiger partial charge in [0.05, 0.1) is 30.0 Å². The molecule has 4 heterocycles. The van der Waals surface area contributed by atoms with Crippen LogP contribution in [0.2, 0.25) is 0 Å². The number of morpholine rings is 1. The summed E-state index contributed by atoms with van der Waals surface area (Å²) in [6, 6.07) is 10.0. The molecule has 9 heteroatoms. The van der Waals surface area contributed by atoms with Crippen LogP contribution in [0.15, 0.2) is 36.7 Å². The highest BCUT2D eigenvalue weighted by Gasteiger charge is 2.57. The van der Waals surface area contributed by atoms with Crippen molar-refractivity contribution in [2.45, 2.75) is 18.5 Å². The molecule has 2 aliphatic heterocycles. The fourth-order valence-corrected chi connectivity index (χ4v) is 5.03. The molecule has 3 aromatic rings. The van der Waals surface area contributed by atoms with Crippen LogP contribution in [0.3, 0.4) is 0 Å². The summed E-state index contributed by atoms with van der Waals surface area (Å²) in [5, 5.41) is 7.01. The van der Waals surface area contributed by atoms with Crippen molar-refractivity contribution in [3.8, 4) is 11.3 Å². The van der Waals surface area contributed by atoms with E-state index in [9.17, 15) is 4.79 Å². The first-order chi connectivity index (χ1) is 16.1. The predicted octanol–water partition coefficient (Wildman–Crippen LogP) is 1.40. The lowest BCUT2D eigenvalue weighted by Gasteiger charge is -2.26. The zero-order chi connectivity index (χ0) is 22.4. The first-order valence-electron chi connectivity index (χ1n) is 11.5. The van der Waals surface area contributed by atoms with Gasteiger partial charge in [-0.25, -0.2) is 15.0 Å². The molecule has 170 valence electrons. The third kappa shape index (κ3) is 3.82. The van der Waals surface area contributed by atoms with Crippen molar-refractivity contribution < 1.29 is 9.53 Å². The maximum absolute atomic E-state index is 12.3. The number of nitrogens with one attached hydrogen (secondary N) is 2. The minimum absolute atomic E-state index is 0.0208. The second kappa shape index (κ2) is 8.02. The Balaban J connectivity index is 1.34. The second-order valence-corrected chi connectivity index (χ2v) is 9.24. The number of nitrogens with two attached hydrogens (primary N) is 1. The van der Waals surface area contributed by atoms with Gasteiger partial charge < -0.3 is 21.1 Å². The van der Waals surface area contributed by atoms with Gasteiger partial charge in [0.1, 0.15) is 17.4 Å². The van der Waals surface area contributed by atoms with Crippen molar-refractivity contribution >= 4 is 22.8 Å². The minimum Gasteiger partial charge on any atom is -0.379 e. The van der Waals surface area contributed by atoms with Gasteiger partial charge in [0.15, 0.2) is 5.82 Å². The van der Waals surface area contributed by atoms with Crippen molar-refractivity contribution in [2.75, 3.05) is 44.7 Å². The minimum atomic E-state index is -0.526. The van der Waals surface area contributed by atoms with Gasteiger partial charge in [0.2, 0.25) is 0 Å². The molecule has 9 nitrogen and oxygen atoms in total. The summed E-state index contributed by atoms with van der Waals surface area (Å²) in [5.74, 6) is 0.724. The number of hydrogen-bond acceptors (Lipinski definition) is 8. The average molecular weight is 446 g/mol. The Hall–Kier alpha value is -3.14. The van der Waals surface area contributed by atoms with Crippen LogP contribution in [0.4, 0.5) is 5.82 Å². The van der Waals surface area contributed by atoms with E-state index in [1.807, 2.05) is 12.1 Å². The topological polar surface area (TPSA) is 118 Å². The number of nitrogens with zero attached hydrogens (tertiary/aromatic N) is 4. The fraction of sp³-hybridized carbons (Fsp3) is 0.417. The average Bonchev–Trinajstić information content (AvgIpc) is 3.37. The third-order valence-corrected chi connectivity index (χ3v) is 7.05. The van der Waals surface area contributed by atoms with Gasteiger partial charge in [-0.3, -0.25) is 9.69 Å². The molecule has 2 saturated heterocycles. The fourth-order valence-electron chi connectivity index (χ4n) is 5.03. The summed E-state index contributed by atoms with van der Waals surface area (Å²) >= 11 is 0. The molecule has 1 amide bonds. The second-order valence-electron chi connectivity index (χ2n) is 9.24. The molecule has 0 bridgehead atoms. The van der Waals surface area contributed by atoms with Gasteiger partial charge >= 0.3 is 0 Å². The Kier molecular flexibility index (Phi) is 4.97. The third-order valence-electron chi connectivity index (χ3n) is 7.05. The van der Waals surface area contributed by atoms with E-state index in [4.69, 9.17) is 15.5 Å². The number of benzene rings is 1. The lowest BCUT2D eigenvalue weighted by molar-refractivity contribution is 0.0342. The Morgan fingerprint density at radius 1 is 1.21 bits per heavy atom. The zero-order valence-corrected chi connectivity index (χ0v) is 18.4. The van der Waals surface area contributed by atoms with Gasteiger partial charge in [-0.05, 0) is 24.0 Å². The highest BCUT2D eigenvalue weighted by molar-refractivity contribution is 6.06. The molecule has 0 spiro atoms. The lowest BCUT2D eigenvalue weighted by Crippen LogP contribution is -2.35. The Morgan fingerprint density at radius 3 is 2.73 bits per heavy atom. The number of carbonyl (C=O) groups is 1. The number of rotatable bonds is 6. The smallest absolute Gasteiger partial charge is 0.251 e. The highest BCUT2D eigenvalue weighted by Crippen LogP contribution is 2.48. The quantitative estimate of drug-likeness (QED) is 0.521. The molecule has 1 aromatic carbocycles. The van der Waals surface area contributed by atoms with Crippen LogP contribution in [0, 0.1) is 5.92 Å². The first-order valence-corrected chi connectivity index (χ1v) is 11.5. The number of anilines is 1. The SMILES string of the molecule is NC(=O)c1cc(-c2ccc(CN3CCOCC3)cc2)nc2c(N[C@@]34CNC[C@@H]3C4)ncnc12. The summed E-state index contributed by atoms with van der Waals surface area (Å²) in [5.41, 5.74) is 9.99. The molecule has 4 N–H and O–H groups in total. The van der Waals surface area contributed by atoms with Crippen molar-refractivity contribution in [3.63, 3.8) is 0 Å². The molecule has 1 aliphatic carbocycles. The molecule has 0 unspecified atom stereocenters. The largest absolute Gasteiger partial charge is 0.379 e. The standard InChI is InChI=1S/C24H27N7O2/c25-22(32)18-9-19(16-3-1-15(2-4-16)12-31-5-7-33-8-6-31)29-21-20(18)27-14-28-23(21)30-24-10-17(24)11-26-13-24/h1-4,9,14,17,26H,5-8,10-13H2,(H2,25,32)(H,27,28,30)/t17-,24-/m0/s1. The number of hydrogen-bond donors (Lipinski definition) is 3. The van der Waals surface area contributed by atoms with E-state index in [0.29, 0.717) is 34.0 Å². The molecular formula is C24H27N7O2. The number of carbonyl (C=O) groups excluding carboxylic acids is 1. The van der Waals surface area contributed by atoms with E-state index >= 15 is 0 Å². The first kappa shape index (κ1) is 20.5. The van der Waals surface area contributed by atoms with Crippen LogP contribution in [0.25, 0.3) is 22.3 Å². The van der Waals surface area contributed by atoms with Crippen LogP contribution in [0.5, 0.6) is 0 Å². The number of ether oxygens (including phenoxy) is 1. The van der Waals surface area contributed by atoms with E-state index in [1.165, 1.54) is 11.9 Å². The van der Waals surface area contributed by atoms with Gasteiger partial charge in [0.25, 0.3) is 5.91 Å². The van der Waals surface area contributed by atoms with Crippen molar-refractivity contribution in [1.29, 1.82) is 0 Å². The number of aromatic nitrogens is 3. The van der Waals surface area contributed by atoms with Crippen molar-refractivity contribution in [1.82, 2.24) is 25.2 Å². The summed E-state index contributed by atoms with van der Waals surface area (Å²) in [6.07, 6.45) is 2.58. The van der Waals surface area contributed by atoms with Gasteiger partial charge in [-0.15, -0.1) is 0 Å². The Labute approximate surface area is 191 Å².